The van der Waals surface area contributed by atoms with E-state index in [2.05, 4.69) is 15.1 Å². The Labute approximate surface area is 105 Å². The lowest BCUT2D eigenvalue weighted by atomic mass is 10.4. The number of rotatable bonds is 2. The Bertz CT molecular complexity index is 748. The second-order valence-corrected chi connectivity index (χ2v) is 4.43. The van der Waals surface area contributed by atoms with Crippen molar-refractivity contribution in [1.29, 1.82) is 0 Å². The summed E-state index contributed by atoms with van der Waals surface area (Å²) in [6.45, 7) is 0. The summed E-state index contributed by atoms with van der Waals surface area (Å²) in [5.41, 5.74) is 6.30. The minimum Gasteiger partial charge on any atom is -0.476 e. The van der Waals surface area contributed by atoms with Crippen LogP contribution in [-0.2, 0) is 0 Å². The van der Waals surface area contributed by atoms with Crippen molar-refractivity contribution < 1.29 is 9.90 Å². The zero-order valence-corrected chi connectivity index (χ0v) is 9.76. The predicted molar refractivity (Wildman–Crippen MR) is 65.9 cm³/mol. The number of hydrogen-bond acceptors (Lipinski definition) is 6. The van der Waals surface area contributed by atoms with Crippen LogP contribution in [0.25, 0.3) is 16.0 Å². The van der Waals surface area contributed by atoms with Gasteiger partial charge in [0, 0.05) is 0 Å². The molecule has 8 heteroatoms. The maximum atomic E-state index is 10.9. The highest BCUT2D eigenvalue weighted by Gasteiger charge is 2.16. The first-order chi connectivity index (χ1) is 8.66. The molecule has 3 aromatic rings. The first-order valence-corrected chi connectivity index (χ1v) is 5.82. The van der Waals surface area contributed by atoms with Gasteiger partial charge >= 0.3 is 5.97 Å². The number of anilines is 1. The fraction of sp³-hybridized carbons (Fsp3) is 0. The zero-order chi connectivity index (χ0) is 12.7. The summed E-state index contributed by atoms with van der Waals surface area (Å²) in [4.78, 5) is 19.1. The number of aromatic nitrogens is 4. The highest BCUT2D eigenvalue weighted by molar-refractivity contribution is 7.17. The van der Waals surface area contributed by atoms with Crippen molar-refractivity contribution >= 4 is 33.2 Å². The summed E-state index contributed by atoms with van der Waals surface area (Å²) in [5, 5.41) is 14.7. The Morgan fingerprint density at radius 1 is 1.44 bits per heavy atom. The maximum Gasteiger partial charge on any atom is 0.358 e. The highest BCUT2D eigenvalue weighted by Crippen LogP contribution is 2.24. The number of nitrogen functional groups attached to an aromatic ring is 1. The van der Waals surface area contributed by atoms with Gasteiger partial charge in [-0.05, 0) is 11.4 Å². The molecule has 0 radical (unpaired) electrons. The van der Waals surface area contributed by atoms with Gasteiger partial charge in [-0.1, -0.05) is 0 Å². The summed E-state index contributed by atoms with van der Waals surface area (Å²) in [7, 11) is 0. The Kier molecular flexibility index (Phi) is 2.23. The van der Waals surface area contributed by atoms with Crippen molar-refractivity contribution in [3.05, 3.63) is 29.7 Å². The lowest BCUT2D eigenvalue weighted by Crippen LogP contribution is -2.03. The van der Waals surface area contributed by atoms with Gasteiger partial charge in [0.25, 0.3) is 0 Å². The first kappa shape index (κ1) is 10.7. The summed E-state index contributed by atoms with van der Waals surface area (Å²) in [6.07, 6.45) is 2.84. The van der Waals surface area contributed by atoms with E-state index >= 15 is 0 Å². The third kappa shape index (κ3) is 1.51. The average molecular weight is 261 g/mol. The molecule has 0 bridgehead atoms. The van der Waals surface area contributed by atoms with Crippen LogP contribution in [0.1, 0.15) is 10.5 Å². The molecule has 7 nitrogen and oxygen atoms in total. The molecule has 0 saturated carbocycles. The van der Waals surface area contributed by atoms with Gasteiger partial charge in [-0.2, -0.15) is 5.10 Å². The van der Waals surface area contributed by atoms with Crippen molar-refractivity contribution in [2.75, 3.05) is 5.73 Å². The quantitative estimate of drug-likeness (QED) is 0.716. The fourth-order valence-corrected chi connectivity index (χ4v) is 2.43. The molecule has 3 N–H and O–H groups in total. The molecule has 0 atom stereocenters. The number of carboxylic acids is 1. The third-order valence-corrected chi connectivity index (χ3v) is 3.29. The minimum atomic E-state index is -1.16. The average Bonchev–Trinajstić information content (AvgIpc) is 2.94. The summed E-state index contributed by atoms with van der Waals surface area (Å²) in [5.74, 6) is -0.642. The van der Waals surface area contributed by atoms with Gasteiger partial charge in [-0.15, -0.1) is 11.3 Å². The molecule has 0 unspecified atom stereocenters. The maximum absolute atomic E-state index is 10.9. The molecule has 0 aliphatic rings. The summed E-state index contributed by atoms with van der Waals surface area (Å²) in [6, 6.07) is 1.86. The van der Waals surface area contributed by atoms with Crippen LogP contribution in [0.2, 0.25) is 0 Å². The minimum absolute atomic E-state index is 0.103. The van der Waals surface area contributed by atoms with E-state index in [0.29, 0.717) is 5.82 Å². The number of fused-ring (bicyclic) bond motifs is 1. The summed E-state index contributed by atoms with van der Waals surface area (Å²) >= 11 is 1.46. The fourth-order valence-electron chi connectivity index (χ4n) is 1.60. The lowest BCUT2D eigenvalue weighted by molar-refractivity contribution is 0.0691. The molecule has 3 aromatic heterocycles. The SMILES string of the molecule is Nc1cn(-c2ncnc3ccsc23)nc1C(=O)O. The van der Waals surface area contributed by atoms with Crippen molar-refractivity contribution in [1.82, 2.24) is 19.7 Å². The molecule has 18 heavy (non-hydrogen) atoms. The molecule has 0 amide bonds. The number of nitrogens with two attached hydrogens (primary N) is 1. The second kappa shape index (κ2) is 3.77. The van der Waals surface area contributed by atoms with E-state index in [1.54, 1.807) is 0 Å². The van der Waals surface area contributed by atoms with E-state index in [9.17, 15) is 4.79 Å². The van der Waals surface area contributed by atoms with Gasteiger partial charge in [0.2, 0.25) is 0 Å². The molecule has 0 spiro atoms. The van der Waals surface area contributed by atoms with Crippen molar-refractivity contribution in [2.24, 2.45) is 0 Å². The van der Waals surface area contributed by atoms with Gasteiger partial charge < -0.3 is 10.8 Å². The molecule has 0 saturated heterocycles. The predicted octanol–water partition coefficient (Wildman–Crippen LogP) is 1.16. The topological polar surface area (TPSA) is 107 Å². The first-order valence-electron chi connectivity index (χ1n) is 4.94. The van der Waals surface area contributed by atoms with E-state index in [0.717, 1.165) is 10.2 Å². The number of aromatic carboxylic acids is 1. The standard InChI is InChI=1S/C10H7N5O2S/c11-5-3-15(14-7(5)10(16)17)9-8-6(1-2-18-8)12-4-13-9/h1-4H,11H2,(H,16,17). The van der Waals surface area contributed by atoms with Crippen LogP contribution in [-0.4, -0.2) is 30.8 Å². The highest BCUT2D eigenvalue weighted by atomic mass is 32.1. The van der Waals surface area contributed by atoms with Gasteiger partial charge in [0.15, 0.2) is 11.5 Å². The molecular formula is C10H7N5O2S. The van der Waals surface area contributed by atoms with Crippen LogP contribution in [0.5, 0.6) is 0 Å². The van der Waals surface area contributed by atoms with Crippen molar-refractivity contribution in [3.8, 4) is 5.82 Å². The number of thiophene rings is 1. The largest absolute Gasteiger partial charge is 0.476 e. The van der Waals surface area contributed by atoms with E-state index < -0.39 is 5.97 Å². The van der Waals surface area contributed by atoms with E-state index in [1.165, 1.54) is 28.5 Å². The Balaban J connectivity index is 2.23. The molecule has 3 rings (SSSR count). The number of nitrogens with zero attached hydrogens (tertiary/aromatic N) is 4. The number of carboxylic acid groups (broad SMARTS) is 1. The molecule has 3 heterocycles. The van der Waals surface area contributed by atoms with Crippen LogP contribution in [0, 0.1) is 0 Å². The van der Waals surface area contributed by atoms with Gasteiger partial charge in [-0.25, -0.2) is 19.4 Å². The Morgan fingerprint density at radius 2 is 2.28 bits per heavy atom. The number of hydrogen-bond donors (Lipinski definition) is 2. The molecule has 0 aliphatic heterocycles. The molecule has 0 aromatic carbocycles. The van der Waals surface area contributed by atoms with Crippen LogP contribution in [0.4, 0.5) is 5.69 Å². The van der Waals surface area contributed by atoms with Crippen LogP contribution in [0.15, 0.2) is 24.0 Å². The van der Waals surface area contributed by atoms with Gasteiger partial charge in [0.05, 0.1) is 22.1 Å². The van der Waals surface area contributed by atoms with E-state index in [1.807, 2.05) is 11.4 Å². The summed E-state index contributed by atoms with van der Waals surface area (Å²) < 4.78 is 2.19. The second-order valence-electron chi connectivity index (χ2n) is 3.52. The normalized spacial score (nSPS) is 10.9. The molecule has 0 aliphatic carbocycles. The van der Waals surface area contributed by atoms with Gasteiger partial charge in [0.1, 0.15) is 6.33 Å². The van der Waals surface area contributed by atoms with Crippen LogP contribution < -0.4 is 5.73 Å². The number of carbonyl (C=O) groups is 1. The monoisotopic (exact) mass is 261 g/mol. The Hall–Kier alpha value is -2.48. The van der Waals surface area contributed by atoms with Gasteiger partial charge in [-0.3, -0.25) is 0 Å². The van der Waals surface area contributed by atoms with Crippen molar-refractivity contribution in [2.45, 2.75) is 0 Å². The third-order valence-electron chi connectivity index (χ3n) is 2.39. The molecule has 90 valence electrons. The molecule has 0 fully saturated rings. The lowest BCUT2D eigenvalue weighted by Gasteiger charge is -2.00. The van der Waals surface area contributed by atoms with Crippen LogP contribution in [0.3, 0.4) is 0 Å². The van der Waals surface area contributed by atoms with Crippen LogP contribution >= 0.6 is 11.3 Å². The molecular weight excluding hydrogens is 254 g/mol. The van der Waals surface area contributed by atoms with E-state index in [-0.39, 0.29) is 11.4 Å². The zero-order valence-electron chi connectivity index (χ0n) is 8.94. The van der Waals surface area contributed by atoms with Crippen molar-refractivity contribution in [3.63, 3.8) is 0 Å². The van der Waals surface area contributed by atoms with E-state index in [4.69, 9.17) is 10.8 Å². The smallest absolute Gasteiger partial charge is 0.358 e. The Morgan fingerprint density at radius 3 is 3.00 bits per heavy atom.